The van der Waals surface area contributed by atoms with Gasteiger partial charge in [0.25, 0.3) is 0 Å². The molecule has 2 rings (SSSR count). The van der Waals surface area contributed by atoms with Gasteiger partial charge in [-0.25, -0.2) is 20.8 Å². The monoisotopic (exact) mass is 221 g/mol. The molecule has 0 amide bonds. The summed E-state index contributed by atoms with van der Waals surface area (Å²) in [6.45, 7) is 0. The Morgan fingerprint density at radius 1 is 1.50 bits per heavy atom. The van der Waals surface area contributed by atoms with Crippen molar-refractivity contribution in [1.82, 2.24) is 19.5 Å². The quantitative estimate of drug-likeness (QED) is 0.419. The molecular weight excluding hydrogens is 214 g/mol. The summed E-state index contributed by atoms with van der Waals surface area (Å²) in [4.78, 5) is 21.6. The predicted molar refractivity (Wildman–Crippen MR) is 53.6 cm³/mol. The highest BCUT2D eigenvalue weighted by atomic mass is 16.6. The molecule has 0 radical (unpaired) electrons. The summed E-state index contributed by atoms with van der Waals surface area (Å²) in [5, 5.41) is 10.9. The fourth-order valence-electron chi connectivity index (χ4n) is 1.22. The number of nitrogens with one attached hydrogen (secondary N) is 1. The van der Waals surface area contributed by atoms with Gasteiger partial charge in [-0.1, -0.05) is 0 Å². The molecule has 0 saturated heterocycles. The first-order valence-corrected chi connectivity index (χ1v) is 4.18. The molecule has 0 bridgehead atoms. The van der Waals surface area contributed by atoms with E-state index >= 15 is 0 Å². The van der Waals surface area contributed by atoms with Crippen LogP contribution in [0.5, 0.6) is 0 Å². The minimum Gasteiger partial charge on any atom is -0.303 e. The summed E-state index contributed by atoms with van der Waals surface area (Å²) in [6.07, 6.45) is 5.60. The van der Waals surface area contributed by atoms with Crippen LogP contribution in [0.25, 0.3) is 5.82 Å². The van der Waals surface area contributed by atoms with E-state index in [2.05, 4.69) is 20.4 Å². The third kappa shape index (κ3) is 1.54. The van der Waals surface area contributed by atoms with Gasteiger partial charge >= 0.3 is 5.69 Å². The molecule has 0 spiro atoms. The maximum atomic E-state index is 10.9. The van der Waals surface area contributed by atoms with E-state index in [0.717, 1.165) is 0 Å². The largest absolute Gasteiger partial charge is 0.355 e. The summed E-state index contributed by atoms with van der Waals surface area (Å²) in [6, 6.07) is 0. The van der Waals surface area contributed by atoms with Gasteiger partial charge in [0.1, 0.15) is 12.7 Å². The Morgan fingerprint density at radius 3 is 2.88 bits per heavy atom. The zero-order valence-corrected chi connectivity index (χ0v) is 7.94. The van der Waals surface area contributed by atoms with Crippen molar-refractivity contribution in [2.75, 3.05) is 5.43 Å². The molecule has 2 aromatic rings. The molecule has 82 valence electrons. The standard InChI is InChI=1S/C7H7N7O2/c8-12-6-5(14(15)16)7(11-3-10-6)13-2-1-9-4-13/h1-4H,8H2,(H,10,11,12). The first kappa shape index (κ1) is 9.98. The number of anilines is 1. The van der Waals surface area contributed by atoms with E-state index in [1.807, 2.05) is 0 Å². The van der Waals surface area contributed by atoms with Crippen molar-refractivity contribution in [3.05, 3.63) is 35.2 Å². The van der Waals surface area contributed by atoms with Crippen LogP contribution in [0.2, 0.25) is 0 Å². The molecule has 9 nitrogen and oxygen atoms in total. The number of hydrogen-bond donors (Lipinski definition) is 2. The van der Waals surface area contributed by atoms with E-state index in [-0.39, 0.29) is 17.3 Å². The molecule has 0 saturated carbocycles. The van der Waals surface area contributed by atoms with E-state index < -0.39 is 4.92 Å². The molecule has 3 N–H and O–H groups in total. The second-order valence-corrected chi connectivity index (χ2v) is 2.77. The zero-order valence-electron chi connectivity index (χ0n) is 7.94. The number of hydrazine groups is 1. The van der Waals surface area contributed by atoms with Crippen molar-refractivity contribution in [3.8, 4) is 5.82 Å². The topological polar surface area (TPSA) is 125 Å². The number of imidazole rings is 1. The van der Waals surface area contributed by atoms with Gasteiger partial charge in [-0.2, -0.15) is 0 Å². The molecule has 0 unspecified atom stereocenters. The Morgan fingerprint density at radius 2 is 2.31 bits per heavy atom. The number of rotatable bonds is 3. The maximum Gasteiger partial charge on any atom is 0.355 e. The van der Waals surface area contributed by atoms with Gasteiger partial charge < -0.3 is 5.43 Å². The average molecular weight is 221 g/mol. The van der Waals surface area contributed by atoms with E-state index in [1.165, 1.54) is 29.6 Å². The SMILES string of the molecule is NNc1ncnc(-n2ccnc2)c1[N+](=O)[O-]. The van der Waals surface area contributed by atoms with Crippen LogP contribution < -0.4 is 11.3 Å². The van der Waals surface area contributed by atoms with Crippen molar-refractivity contribution in [2.45, 2.75) is 0 Å². The fraction of sp³-hybridized carbons (Fsp3) is 0. The van der Waals surface area contributed by atoms with Crippen LogP contribution in [0, 0.1) is 10.1 Å². The van der Waals surface area contributed by atoms with Crippen molar-refractivity contribution in [3.63, 3.8) is 0 Å². The van der Waals surface area contributed by atoms with Gasteiger partial charge in [-0.15, -0.1) is 0 Å². The number of nitrogen functional groups attached to an aromatic ring is 1. The van der Waals surface area contributed by atoms with Crippen LogP contribution >= 0.6 is 0 Å². The Hall–Kier alpha value is -2.55. The second-order valence-electron chi connectivity index (χ2n) is 2.77. The normalized spacial score (nSPS) is 10.1. The van der Waals surface area contributed by atoms with E-state index in [4.69, 9.17) is 5.84 Å². The first-order valence-electron chi connectivity index (χ1n) is 4.18. The van der Waals surface area contributed by atoms with Crippen LogP contribution in [0.15, 0.2) is 25.0 Å². The van der Waals surface area contributed by atoms with E-state index in [9.17, 15) is 10.1 Å². The second kappa shape index (κ2) is 3.90. The summed E-state index contributed by atoms with van der Waals surface area (Å²) in [5.74, 6) is 5.19. The molecule has 9 heteroatoms. The molecule has 2 aromatic heterocycles. The molecule has 0 aromatic carbocycles. The fourth-order valence-corrected chi connectivity index (χ4v) is 1.22. The van der Waals surface area contributed by atoms with Gasteiger partial charge in [0.05, 0.1) is 4.92 Å². The van der Waals surface area contributed by atoms with E-state index in [0.29, 0.717) is 0 Å². The summed E-state index contributed by atoms with van der Waals surface area (Å²) in [5.41, 5.74) is 1.85. The summed E-state index contributed by atoms with van der Waals surface area (Å²) < 4.78 is 1.40. The van der Waals surface area contributed by atoms with Gasteiger partial charge in [-0.05, 0) is 0 Å². The summed E-state index contributed by atoms with van der Waals surface area (Å²) >= 11 is 0. The number of nitro groups is 1. The third-order valence-corrected chi connectivity index (χ3v) is 1.87. The molecule has 0 fully saturated rings. The Bertz CT molecular complexity index is 509. The lowest BCUT2D eigenvalue weighted by atomic mass is 10.4. The number of nitrogens with zero attached hydrogens (tertiary/aromatic N) is 5. The van der Waals surface area contributed by atoms with Gasteiger partial charge in [-0.3, -0.25) is 14.7 Å². The molecule has 0 aliphatic rings. The van der Waals surface area contributed by atoms with Crippen molar-refractivity contribution >= 4 is 11.5 Å². The van der Waals surface area contributed by atoms with Crippen molar-refractivity contribution in [1.29, 1.82) is 0 Å². The molecule has 2 heterocycles. The number of aromatic nitrogens is 4. The van der Waals surface area contributed by atoms with Gasteiger partial charge in [0, 0.05) is 12.4 Å². The highest BCUT2D eigenvalue weighted by Gasteiger charge is 2.23. The lowest BCUT2D eigenvalue weighted by Gasteiger charge is -2.05. The first-order chi connectivity index (χ1) is 7.74. The number of nitrogens with two attached hydrogens (primary N) is 1. The Kier molecular flexibility index (Phi) is 2.44. The van der Waals surface area contributed by atoms with Crippen molar-refractivity contribution < 1.29 is 4.92 Å². The Labute approximate surface area is 89.1 Å². The third-order valence-electron chi connectivity index (χ3n) is 1.87. The molecule has 0 aliphatic carbocycles. The lowest BCUT2D eigenvalue weighted by Crippen LogP contribution is -2.13. The van der Waals surface area contributed by atoms with Crippen molar-refractivity contribution in [2.24, 2.45) is 5.84 Å². The number of hydrogen-bond acceptors (Lipinski definition) is 7. The minimum atomic E-state index is -0.607. The van der Waals surface area contributed by atoms with Gasteiger partial charge in [0.15, 0.2) is 0 Å². The zero-order chi connectivity index (χ0) is 11.5. The molecule has 0 atom stereocenters. The Balaban J connectivity index is 2.65. The molecule has 16 heavy (non-hydrogen) atoms. The van der Waals surface area contributed by atoms with E-state index in [1.54, 1.807) is 0 Å². The maximum absolute atomic E-state index is 10.9. The average Bonchev–Trinajstić information content (AvgIpc) is 2.81. The smallest absolute Gasteiger partial charge is 0.303 e. The molecule has 0 aliphatic heterocycles. The predicted octanol–water partition coefficient (Wildman–Crippen LogP) is -0.144. The van der Waals surface area contributed by atoms with Crippen LogP contribution in [0.1, 0.15) is 0 Å². The highest BCUT2D eigenvalue weighted by Crippen LogP contribution is 2.26. The highest BCUT2D eigenvalue weighted by molar-refractivity contribution is 5.63. The minimum absolute atomic E-state index is 0.0521. The van der Waals surface area contributed by atoms with Crippen LogP contribution in [-0.2, 0) is 0 Å². The van der Waals surface area contributed by atoms with Crippen LogP contribution in [0.3, 0.4) is 0 Å². The van der Waals surface area contributed by atoms with Crippen LogP contribution in [0.4, 0.5) is 11.5 Å². The van der Waals surface area contributed by atoms with Gasteiger partial charge in [0.2, 0.25) is 11.6 Å². The summed E-state index contributed by atoms with van der Waals surface area (Å²) in [7, 11) is 0. The lowest BCUT2D eigenvalue weighted by molar-refractivity contribution is -0.384. The molecular formula is C7H7N7O2. The van der Waals surface area contributed by atoms with Crippen LogP contribution in [-0.4, -0.2) is 24.4 Å².